The van der Waals surface area contributed by atoms with Crippen molar-refractivity contribution < 1.29 is 27.6 Å². The Balaban J connectivity index is 1.54. The normalized spacial score (nSPS) is 14.3. The number of anilines is 1. The van der Waals surface area contributed by atoms with Crippen LogP contribution in [-0.4, -0.2) is 45.6 Å². The number of nitrogens with zero attached hydrogens (tertiary/aromatic N) is 3. The van der Waals surface area contributed by atoms with Crippen LogP contribution in [0.4, 0.5) is 23.7 Å². The maximum absolute atomic E-state index is 12.9. The minimum Gasteiger partial charge on any atom is -0.329 e. The van der Waals surface area contributed by atoms with Crippen LogP contribution in [0.2, 0.25) is 0 Å². The third-order valence-electron chi connectivity index (χ3n) is 4.05. The molecular formula is C17H16F3N5O3. The number of benzene rings is 1. The Hall–Kier alpha value is -3.37. The number of urea groups is 1. The first-order chi connectivity index (χ1) is 13.3. The van der Waals surface area contributed by atoms with E-state index in [1.54, 1.807) is 0 Å². The van der Waals surface area contributed by atoms with Crippen LogP contribution in [0, 0.1) is 0 Å². The van der Waals surface area contributed by atoms with Gasteiger partial charge < -0.3 is 10.6 Å². The summed E-state index contributed by atoms with van der Waals surface area (Å²) in [6, 6.07) is 6.15. The molecule has 0 aliphatic carbocycles. The van der Waals surface area contributed by atoms with Gasteiger partial charge in [-0.05, 0) is 36.8 Å². The van der Waals surface area contributed by atoms with Crippen LogP contribution < -0.4 is 10.6 Å². The van der Waals surface area contributed by atoms with Crippen LogP contribution in [0.15, 0.2) is 36.5 Å². The Kier molecular flexibility index (Phi) is 5.34. The van der Waals surface area contributed by atoms with Crippen LogP contribution in [0.25, 0.3) is 5.69 Å². The fourth-order valence-corrected chi connectivity index (χ4v) is 2.71. The number of imide groups is 1. The number of hydrogen-bond donors (Lipinski definition) is 2. The molecule has 2 N–H and O–H groups in total. The molecule has 1 fully saturated rings. The van der Waals surface area contributed by atoms with Crippen molar-refractivity contribution in [2.24, 2.45) is 0 Å². The zero-order valence-corrected chi connectivity index (χ0v) is 14.5. The van der Waals surface area contributed by atoms with Crippen molar-refractivity contribution in [3.63, 3.8) is 0 Å². The highest BCUT2D eigenvalue weighted by Crippen LogP contribution is 2.30. The van der Waals surface area contributed by atoms with E-state index >= 15 is 0 Å². The van der Waals surface area contributed by atoms with Crippen molar-refractivity contribution in [2.45, 2.75) is 19.0 Å². The largest absolute Gasteiger partial charge is 0.433 e. The van der Waals surface area contributed by atoms with Gasteiger partial charge in [-0.1, -0.05) is 0 Å². The Morgan fingerprint density at radius 1 is 1.18 bits per heavy atom. The maximum atomic E-state index is 12.9. The second-order valence-corrected chi connectivity index (χ2v) is 6.03. The molecule has 8 nitrogen and oxygen atoms in total. The van der Waals surface area contributed by atoms with Crippen LogP contribution >= 0.6 is 0 Å². The summed E-state index contributed by atoms with van der Waals surface area (Å²) in [4.78, 5) is 35.8. The van der Waals surface area contributed by atoms with Gasteiger partial charge in [-0.2, -0.15) is 18.3 Å². The van der Waals surface area contributed by atoms with Crippen LogP contribution in [0.5, 0.6) is 0 Å². The second-order valence-electron chi connectivity index (χ2n) is 6.03. The summed E-state index contributed by atoms with van der Waals surface area (Å²) >= 11 is 0. The predicted octanol–water partition coefficient (Wildman–Crippen LogP) is 2.16. The van der Waals surface area contributed by atoms with E-state index in [0.29, 0.717) is 12.1 Å². The Labute approximate surface area is 157 Å². The molecule has 1 aliphatic heterocycles. The number of amides is 4. The van der Waals surface area contributed by atoms with Crippen molar-refractivity contribution in [1.29, 1.82) is 0 Å². The molecule has 28 heavy (non-hydrogen) atoms. The van der Waals surface area contributed by atoms with Crippen molar-refractivity contribution >= 4 is 23.5 Å². The van der Waals surface area contributed by atoms with Crippen LogP contribution in [-0.2, 0) is 15.8 Å². The van der Waals surface area contributed by atoms with Crippen molar-refractivity contribution in [3.8, 4) is 5.69 Å². The van der Waals surface area contributed by atoms with E-state index in [0.717, 1.165) is 21.8 Å². The number of nitrogens with one attached hydrogen (secondary N) is 2. The molecule has 4 amide bonds. The SMILES string of the molecule is O=C(CCCN1C(=O)CNC1=O)Nc1ccc(-n2nccc2C(F)(F)F)cc1. The number of alkyl halides is 3. The third-order valence-corrected chi connectivity index (χ3v) is 4.05. The minimum absolute atomic E-state index is 0.0380. The summed E-state index contributed by atoms with van der Waals surface area (Å²) in [5.74, 6) is -0.673. The average Bonchev–Trinajstić information content (AvgIpc) is 3.24. The van der Waals surface area contributed by atoms with Gasteiger partial charge in [0.05, 0.1) is 18.4 Å². The lowest BCUT2D eigenvalue weighted by atomic mass is 10.2. The number of carbonyl (C=O) groups excluding carboxylic acids is 3. The molecule has 1 aliphatic rings. The number of carbonyl (C=O) groups is 3. The van der Waals surface area contributed by atoms with Crippen LogP contribution in [0.1, 0.15) is 18.5 Å². The molecule has 3 rings (SSSR count). The summed E-state index contributed by atoms with van der Waals surface area (Å²) in [5, 5.41) is 8.68. The first-order valence-corrected chi connectivity index (χ1v) is 8.35. The van der Waals surface area contributed by atoms with E-state index in [1.165, 1.54) is 24.3 Å². The highest BCUT2D eigenvalue weighted by molar-refractivity contribution is 6.02. The molecule has 0 saturated carbocycles. The monoisotopic (exact) mass is 395 g/mol. The van der Waals surface area contributed by atoms with Gasteiger partial charge in [-0.25, -0.2) is 9.48 Å². The summed E-state index contributed by atoms with van der Waals surface area (Å²) in [7, 11) is 0. The van der Waals surface area contributed by atoms with Crippen LogP contribution in [0.3, 0.4) is 0 Å². The Morgan fingerprint density at radius 2 is 1.89 bits per heavy atom. The zero-order valence-electron chi connectivity index (χ0n) is 14.5. The first kappa shape index (κ1) is 19.4. The molecule has 2 heterocycles. The standard InChI is InChI=1S/C17H16F3N5O3/c18-17(19,20)13-7-8-22-25(13)12-5-3-11(4-6-12)23-14(26)2-1-9-24-15(27)10-21-16(24)28/h3-8H,1-2,9-10H2,(H,21,28)(H,23,26). The van der Waals surface area contributed by atoms with Gasteiger partial charge in [0.1, 0.15) is 5.69 Å². The highest BCUT2D eigenvalue weighted by atomic mass is 19.4. The third kappa shape index (κ3) is 4.30. The average molecular weight is 395 g/mol. The smallest absolute Gasteiger partial charge is 0.329 e. The number of halogens is 3. The summed E-state index contributed by atoms with van der Waals surface area (Å²) in [6.07, 6.45) is -3.09. The number of rotatable bonds is 6. The second kappa shape index (κ2) is 7.71. The maximum Gasteiger partial charge on any atom is 0.433 e. The molecule has 1 aromatic carbocycles. The van der Waals surface area contributed by atoms with Gasteiger partial charge in [0.15, 0.2) is 0 Å². The molecule has 0 atom stereocenters. The quantitative estimate of drug-likeness (QED) is 0.733. The van der Waals surface area contributed by atoms with E-state index in [-0.39, 0.29) is 37.0 Å². The topological polar surface area (TPSA) is 96.3 Å². The lowest BCUT2D eigenvalue weighted by Crippen LogP contribution is -2.32. The lowest BCUT2D eigenvalue weighted by Gasteiger charge is -2.12. The van der Waals surface area contributed by atoms with E-state index < -0.39 is 17.9 Å². The fraction of sp³-hybridized carbons (Fsp3) is 0.294. The molecular weight excluding hydrogens is 379 g/mol. The van der Waals surface area contributed by atoms with Gasteiger partial charge in [-0.15, -0.1) is 0 Å². The van der Waals surface area contributed by atoms with Crippen molar-refractivity contribution in [3.05, 3.63) is 42.2 Å². The van der Waals surface area contributed by atoms with Gasteiger partial charge in [0.2, 0.25) is 11.8 Å². The molecule has 2 aromatic rings. The lowest BCUT2D eigenvalue weighted by molar-refractivity contribution is -0.142. The van der Waals surface area contributed by atoms with Gasteiger partial charge in [-0.3, -0.25) is 14.5 Å². The minimum atomic E-state index is -4.53. The number of aromatic nitrogens is 2. The van der Waals surface area contributed by atoms with Gasteiger partial charge >= 0.3 is 12.2 Å². The Morgan fingerprint density at radius 3 is 2.50 bits per heavy atom. The Bertz CT molecular complexity index is 876. The molecule has 0 unspecified atom stereocenters. The van der Waals surface area contributed by atoms with Gasteiger partial charge in [0, 0.05) is 18.7 Å². The van der Waals surface area contributed by atoms with Crippen molar-refractivity contribution in [1.82, 2.24) is 20.0 Å². The zero-order chi connectivity index (χ0) is 20.3. The molecule has 1 saturated heterocycles. The highest BCUT2D eigenvalue weighted by Gasteiger charge is 2.35. The van der Waals surface area contributed by atoms with E-state index in [2.05, 4.69) is 15.7 Å². The molecule has 0 spiro atoms. The summed E-state index contributed by atoms with van der Waals surface area (Å²) in [6.45, 7) is 0.0974. The predicted molar refractivity (Wildman–Crippen MR) is 91.5 cm³/mol. The van der Waals surface area contributed by atoms with Crippen molar-refractivity contribution in [2.75, 3.05) is 18.4 Å². The first-order valence-electron chi connectivity index (χ1n) is 8.35. The van der Waals surface area contributed by atoms with Gasteiger partial charge in [0.25, 0.3) is 0 Å². The van der Waals surface area contributed by atoms with E-state index in [9.17, 15) is 27.6 Å². The summed E-state index contributed by atoms with van der Waals surface area (Å²) in [5.41, 5.74) is -0.289. The molecule has 0 bridgehead atoms. The number of hydrogen-bond acceptors (Lipinski definition) is 4. The molecule has 11 heteroatoms. The molecule has 1 aromatic heterocycles. The van der Waals surface area contributed by atoms with E-state index in [1.807, 2.05) is 0 Å². The molecule has 0 radical (unpaired) electrons. The fourth-order valence-electron chi connectivity index (χ4n) is 2.71. The molecule has 148 valence electrons. The summed E-state index contributed by atoms with van der Waals surface area (Å²) < 4.78 is 39.6. The van der Waals surface area contributed by atoms with E-state index in [4.69, 9.17) is 0 Å².